The number of nitrogens with zero attached hydrogens (tertiary/aromatic N) is 6. The molecule has 0 saturated carbocycles. The first-order chi connectivity index (χ1) is 37.2. The summed E-state index contributed by atoms with van der Waals surface area (Å²) < 4.78 is 5.07. The predicted molar refractivity (Wildman–Crippen MR) is 310 cm³/mol. The Balaban J connectivity index is 0.000000173. The van der Waals surface area contributed by atoms with Crippen LogP contribution in [-0.4, -0.2) is 24.5 Å². The summed E-state index contributed by atoms with van der Waals surface area (Å²) in [5.41, 5.74) is 17.5. The Morgan fingerprint density at radius 2 is 0.792 bits per heavy atom. The van der Waals surface area contributed by atoms with Crippen LogP contribution in [0.3, 0.4) is 0 Å². The number of hydrogen-bond acceptors (Lipinski definition) is 10. The molecule has 10 nitrogen and oxygen atoms in total. The van der Waals surface area contributed by atoms with Crippen LogP contribution in [-0.2, 0) is 27.2 Å². The number of carbonyl (C=O) groups excluding carboxylic acids is 3. The van der Waals surface area contributed by atoms with Crippen molar-refractivity contribution in [2.45, 2.75) is 61.3 Å². The molecule has 0 aliphatic heterocycles. The minimum absolute atomic E-state index is 0.0780. The second-order valence-corrected chi connectivity index (χ2v) is 18.9. The van der Waals surface area contributed by atoms with E-state index in [9.17, 15) is 14.4 Å². The van der Waals surface area contributed by atoms with E-state index in [1.807, 2.05) is 185 Å². The van der Waals surface area contributed by atoms with Crippen molar-refractivity contribution in [3.8, 4) is 16.9 Å². The Kier molecular flexibility index (Phi) is 19.6. The Morgan fingerprint density at radius 1 is 0.403 bits per heavy atom. The number of ether oxygens (including phenoxy) is 1. The van der Waals surface area contributed by atoms with Crippen LogP contribution in [0, 0.1) is 20.8 Å². The van der Waals surface area contributed by atoms with Crippen molar-refractivity contribution in [2.24, 2.45) is 30.7 Å². The highest BCUT2D eigenvalue weighted by Crippen LogP contribution is 2.28. The third-order valence-electron chi connectivity index (χ3n) is 12.5. The van der Waals surface area contributed by atoms with Gasteiger partial charge in [-0.15, -0.1) is 0 Å². The third kappa shape index (κ3) is 16.5. The predicted octanol–water partition coefficient (Wildman–Crippen LogP) is 17.4. The van der Waals surface area contributed by atoms with E-state index in [2.05, 4.69) is 67.9 Å². The SMILES string of the molecule is CC1=CC(=CN=Nc2ccc(-c3ccc(C)cc3)cc2)C=C(C)C1=O.COc1ccc(N=NC=C2C=C(C)C(=O)C(C)=C2)cc1.Cc1ccc(C)c(N=NC=C2C=C(Cc3ccccc3)C(=O)C(Cc3ccccc3)=C2)c1. The second-order valence-electron chi connectivity index (χ2n) is 18.9. The zero-order chi connectivity index (χ0) is 54.7. The molecule has 0 aromatic heterocycles. The zero-order valence-electron chi connectivity index (χ0n) is 44.9. The summed E-state index contributed by atoms with van der Waals surface area (Å²) in [6.45, 7) is 13.4. The van der Waals surface area contributed by atoms with E-state index in [0.717, 1.165) is 101 Å². The summed E-state index contributed by atoms with van der Waals surface area (Å²) in [5.74, 6) is 1.04. The minimum atomic E-state index is 0.0780. The number of benzene rings is 6. The van der Waals surface area contributed by atoms with E-state index >= 15 is 0 Å². The molecule has 0 saturated heterocycles. The molecule has 0 fully saturated rings. The number of allylic oxidation sites excluding steroid dienone is 15. The number of rotatable bonds is 12. The molecule has 3 aliphatic carbocycles. The van der Waals surface area contributed by atoms with Gasteiger partial charge in [0.05, 0.1) is 42.8 Å². The summed E-state index contributed by atoms with van der Waals surface area (Å²) in [5, 5.41) is 25.2. The van der Waals surface area contributed by atoms with Gasteiger partial charge in [-0.2, -0.15) is 30.7 Å². The van der Waals surface area contributed by atoms with E-state index < -0.39 is 0 Å². The lowest BCUT2D eigenvalue weighted by Gasteiger charge is -2.16. The number of ketones is 3. The van der Waals surface area contributed by atoms with Crippen LogP contribution >= 0.6 is 0 Å². The maximum atomic E-state index is 13.2. The van der Waals surface area contributed by atoms with Gasteiger partial charge in [-0.25, -0.2) is 0 Å². The lowest BCUT2D eigenvalue weighted by molar-refractivity contribution is -0.113. The van der Waals surface area contributed by atoms with Gasteiger partial charge in [-0.1, -0.05) is 115 Å². The van der Waals surface area contributed by atoms with Gasteiger partial charge in [0.25, 0.3) is 0 Å². The largest absolute Gasteiger partial charge is 0.497 e. The quantitative estimate of drug-likeness (QED) is 0.113. The molecule has 3 aliphatic rings. The third-order valence-corrected chi connectivity index (χ3v) is 12.5. The molecule has 77 heavy (non-hydrogen) atoms. The summed E-state index contributed by atoms with van der Waals surface area (Å²) in [6, 6.07) is 50.0. The average Bonchev–Trinajstić information content (AvgIpc) is 3.43. The standard InChI is InChI=1S/C29H26N2O.C22H20N2O.C16H16N2O2/c1-21-13-14-22(2)28(15-21)31-30-20-25-18-26(16-23-9-5-3-6-10-23)29(32)27(19-25)17-24-11-7-4-8-12-24;1-15-4-6-19(7-5-15)20-8-10-21(11-9-20)24-23-14-18-12-16(2)22(25)17(3)13-18;1-11-8-13(9-12(2)16(11)19)10-17-18-14-4-6-15(20-3)7-5-14/h3-15,18-20H,16-17H2,1-2H3;4-14H,1-3H3;4-10H,1-3H3. The fourth-order valence-electron chi connectivity index (χ4n) is 8.29. The molecule has 0 unspecified atom stereocenters. The van der Waals surface area contributed by atoms with Crippen LogP contribution in [0.25, 0.3) is 11.1 Å². The van der Waals surface area contributed by atoms with Gasteiger partial charge in [0.15, 0.2) is 17.3 Å². The summed E-state index contributed by atoms with van der Waals surface area (Å²) in [6.07, 6.45) is 17.4. The average molecular weight is 1020 g/mol. The first kappa shape index (κ1) is 55.3. The van der Waals surface area contributed by atoms with E-state index in [0.29, 0.717) is 12.8 Å². The molecule has 9 rings (SSSR count). The number of carbonyl (C=O) groups is 3. The number of Topliss-reactive ketones (excluding diaryl/α,β-unsaturated/α-hetero) is 3. The smallest absolute Gasteiger partial charge is 0.185 e. The summed E-state index contributed by atoms with van der Waals surface area (Å²) in [7, 11) is 1.62. The van der Waals surface area contributed by atoms with Gasteiger partial charge in [0.2, 0.25) is 0 Å². The molecule has 10 heteroatoms. The van der Waals surface area contributed by atoms with E-state index in [1.165, 1.54) is 11.1 Å². The highest BCUT2D eigenvalue weighted by atomic mass is 16.5. The van der Waals surface area contributed by atoms with Crippen LogP contribution in [0.2, 0.25) is 0 Å². The second kappa shape index (κ2) is 27.2. The van der Waals surface area contributed by atoms with Crippen molar-refractivity contribution in [3.05, 3.63) is 285 Å². The minimum Gasteiger partial charge on any atom is -0.497 e. The normalized spacial score (nSPS) is 14.4. The highest BCUT2D eigenvalue weighted by molar-refractivity contribution is 6.11. The van der Waals surface area contributed by atoms with Gasteiger partial charge in [0.1, 0.15) is 5.75 Å². The van der Waals surface area contributed by atoms with Crippen molar-refractivity contribution in [3.63, 3.8) is 0 Å². The molecule has 0 N–H and O–H groups in total. The van der Waals surface area contributed by atoms with Gasteiger partial charge in [-0.05, 0) is 200 Å². The lowest BCUT2D eigenvalue weighted by Crippen LogP contribution is -2.14. The van der Waals surface area contributed by atoms with Crippen molar-refractivity contribution >= 4 is 34.4 Å². The molecule has 0 atom stereocenters. The highest BCUT2D eigenvalue weighted by Gasteiger charge is 2.21. The molecule has 384 valence electrons. The first-order valence-corrected chi connectivity index (χ1v) is 25.3. The number of aryl methyl sites for hydroxylation is 3. The van der Waals surface area contributed by atoms with Crippen molar-refractivity contribution in [2.75, 3.05) is 7.11 Å². The number of hydrogen-bond donors (Lipinski definition) is 0. The Labute approximate surface area is 452 Å². The summed E-state index contributed by atoms with van der Waals surface area (Å²) in [4.78, 5) is 36.6. The van der Waals surface area contributed by atoms with Crippen LogP contribution in [0.15, 0.2) is 288 Å². The molecule has 0 heterocycles. The topological polar surface area (TPSA) is 135 Å². The van der Waals surface area contributed by atoms with Crippen molar-refractivity contribution < 1.29 is 19.1 Å². The molecule has 6 aromatic rings. The summed E-state index contributed by atoms with van der Waals surface area (Å²) >= 11 is 0. The number of methoxy groups -OCH3 is 1. The Bertz CT molecular complexity index is 3400. The molecule has 6 aromatic carbocycles. The molecule has 0 bridgehead atoms. The fourth-order valence-corrected chi connectivity index (χ4v) is 8.29. The molecule has 0 spiro atoms. The van der Waals surface area contributed by atoms with E-state index in [4.69, 9.17) is 4.74 Å². The van der Waals surface area contributed by atoms with Gasteiger partial charge in [0, 0.05) is 24.0 Å². The molecular weight excluding hydrogens is 953 g/mol. The molecular formula is C67H62N6O4. The van der Waals surface area contributed by atoms with Crippen LogP contribution < -0.4 is 4.74 Å². The van der Waals surface area contributed by atoms with E-state index in [1.54, 1.807) is 39.6 Å². The monoisotopic (exact) mass is 1010 g/mol. The maximum Gasteiger partial charge on any atom is 0.185 e. The van der Waals surface area contributed by atoms with Crippen LogP contribution in [0.5, 0.6) is 5.75 Å². The fraction of sp³-hybridized carbons (Fsp3) is 0.149. The molecule has 0 radical (unpaired) electrons. The van der Waals surface area contributed by atoms with Gasteiger partial charge >= 0.3 is 0 Å². The van der Waals surface area contributed by atoms with Gasteiger partial charge < -0.3 is 4.74 Å². The van der Waals surface area contributed by atoms with Crippen molar-refractivity contribution in [1.29, 1.82) is 0 Å². The van der Waals surface area contributed by atoms with Crippen LogP contribution in [0.1, 0.15) is 55.5 Å². The number of azo groups is 3. The van der Waals surface area contributed by atoms with Gasteiger partial charge in [-0.3, -0.25) is 14.4 Å². The van der Waals surface area contributed by atoms with E-state index in [-0.39, 0.29) is 17.3 Å². The van der Waals surface area contributed by atoms with Crippen LogP contribution in [0.4, 0.5) is 17.1 Å². The zero-order valence-corrected chi connectivity index (χ0v) is 44.9. The Hall–Kier alpha value is -9.41. The molecule has 0 amide bonds. The van der Waals surface area contributed by atoms with Crippen molar-refractivity contribution in [1.82, 2.24) is 0 Å². The lowest BCUT2D eigenvalue weighted by atomic mass is 9.87. The first-order valence-electron chi connectivity index (χ1n) is 25.3. The Morgan fingerprint density at radius 3 is 1.23 bits per heavy atom. The maximum absolute atomic E-state index is 13.2.